The summed E-state index contributed by atoms with van der Waals surface area (Å²) in [5, 5.41) is 0.211. The van der Waals surface area contributed by atoms with Gasteiger partial charge in [0.1, 0.15) is 5.52 Å². The first-order valence-electron chi connectivity index (χ1n) is 4.23. The molecule has 1 heterocycles. The molecule has 13 heavy (non-hydrogen) atoms. The van der Waals surface area contributed by atoms with Crippen LogP contribution in [0.25, 0.3) is 11.1 Å². The molecule has 0 saturated carbocycles. The Morgan fingerprint density at radius 1 is 1.38 bits per heavy atom. The van der Waals surface area contributed by atoms with Gasteiger partial charge >= 0.3 is 0 Å². The molecule has 0 spiro atoms. The summed E-state index contributed by atoms with van der Waals surface area (Å²) < 4.78 is 5.31. The van der Waals surface area contributed by atoms with Crippen molar-refractivity contribution in [3.63, 3.8) is 0 Å². The van der Waals surface area contributed by atoms with Crippen LogP contribution in [0.1, 0.15) is 25.3 Å². The Labute approximate surface area is 81.5 Å². The van der Waals surface area contributed by atoms with E-state index in [1.165, 1.54) is 0 Å². The molecule has 0 N–H and O–H groups in total. The van der Waals surface area contributed by atoms with Crippen molar-refractivity contribution in [1.82, 2.24) is 4.98 Å². The number of oxazole rings is 1. The lowest BCUT2D eigenvalue weighted by atomic mass is 10.0. The Morgan fingerprint density at radius 3 is 2.85 bits per heavy atom. The number of nitrogens with zero attached hydrogens (tertiary/aromatic N) is 1. The van der Waals surface area contributed by atoms with Crippen LogP contribution in [0.2, 0.25) is 5.35 Å². The summed E-state index contributed by atoms with van der Waals surface area (Å²) in [7, 11) is 0. The monoisotopic (exact) mass is 195 g/mol. The molecular formula is C10H10ClNO. The average molecular weight is 196 g/mol. The smallest absolute Gasteiger partial charge is 0.293 e. The molecule has 0 saturated heterocycles. The van der Waals surface area contributed by atoms with E-state index in [1.54, 1.807) is 0 Å². The van der Waals surface area contributed by atoms with Crippen molar-refractivity contribution in [1.29, 1.82) is 0 Å². The molecule has 2 aromatic rings. The van der Waals surface area contributed by atoms with E-state index in [2.05, 4.69) is 18.8 Å². The van der Waals surface area contributed by atoms with Crippen LogP contribution in [0.4, 0.5) is 0 Å². The molecule has 0 radical (unpaired) electrons. The molecule has 0 aliphatic carbocycles. The third kappa shape index (κ3) is 1.42. The summed E-state index contributed by atoms with van der Waals surface area (Å²) >= 11 is 5.68. The van der Waals surface area contributed by atoms with E-state index in [0.29, 0.717) is 5.92 Å². The van der Waals surface area contributed by atoms with Gasteiger partial charge in [-0.05, 0) is 29.1 Å². The van der Waals surface area contributed by atoms with Gasteiger partial charge in [0.05, 0.1) is 0 Å². The maximum Gasteiger partial charge on any atom is 0.293 e. The number of halogens is 1. The molecule has 1 aromatic heterocycles. The second kappa shape index (κ2) is 3.04. The normalized spacial score (nSPS) is 11.4. The lowest BCUT2D eigenvalue weighted by molar-refractivity contribution is 0.597. The summed E-state index contributed by atoms with van der Waals surface area (Å²) in [6.07, 6.45) is 0. The molecule has 0 aliphatic heterocycles. The second-order valence-electron chi connectivity index (χ2n) is 3.32. The van der Waals surface area contributed by atoms with Crippen LogP contribution in [0.3, 0.4) is 0 Å². The highest BCUT2D eigenvalue weighted by Crippen LogP contribution is 2.27. The number of hydrogen-bond donors (Lipinski definition) is 0. The van der Waals surface area contributed by atoms with Gasteiger partial charge in [0.2, 0.25) is 0 Å². The van der Waals surface area contributed by atoms with Crippen LogP contribution in [-0.2, 0) is 0 Å². The molecule has 1 aromatic carbocycles. The van der Waals surface area contributed by atoms with Gasteiger partial charge in [0, 0.05) is 0 Å². The van der Waals surface area contributed by atoms with Gasteiger partial charge in [-0.2, -0.15) is 4.98 Å². The van der Waals surface area contributed by atoms with Crippen LogP contribution in [0.15, 0.2) is 22.6 Å². The van der Waals surface area contributed by atoms with Crippen molar-refractivity contribution in [3.8, 4) is 0 Å². The van der Waals surface area contributed by atoms with Crippen molar-refractivity contribution in [2.45, 2.75) is 19.8 Å². The lowest BCUT2D eigenvalue weighted by Gasteiger charge is -2.03. The fourth-order valence-corrected chi connectivity index (χ4v) is 1.57. The Balaban J connectivity index is 2.75. The first kappa shape index (κ1) is 8.57. The molecular weight excluding hydrogens is 186 g/mol. The first-order chi connectivity index (χ1) is 6.18. The molecule has 0 fully saturated rings. The van der Waals surface area contributed by atoms with E-state index in [-0.39, 0.29) is 5.35 Å². The summed E-state index contributed by atoms with van der Waals surface area (Å²) in [5.41, 5.74) is 2.79. The van der Waals surface area contributed by atoms with Gasteiger partial charge in [-0.25, -0.2) is 0 Å². The highest BCUT2D eigenvalue weighted by atomic mass is 35.5. The van der Waals surface area contributed by atoms with E-state index in [1.807, 2.05) is 18.2 Å². The van der Waals surface area contributed by atoms with E-state index in [9.17, 15) is 0 Å². The van der Waals surface area contributed by atoms with E-state index in [4.69, 9.17) is 16.0 Å². The number of benzene rings is 1. The SMILES string of the molecule is CC(C)c1cccc2nc(Cl)oc12. The van der Waals surface area contributed by atoms with Crippen LogP contribution in [-0.4, -0.2) is 4.98 Å². The largest absolute Gasteiger partial charge is 0.427 e. The zero-order valence-electron chi connectivity index (χ0n) is 7.54. The van der Waals surface area contributed by atoms with Crippen LogP contribution < -0.4 is 0 Å². The molecule has 0 aliphatic rings. The van der Waals surface area contributed by atoms with E-state index in [0.717, 1.165) is 16.7 Å². The quantitative estimate of drug-likeness (QED) is 0.695. The minimum Gasteiger partial charge on any atom is -0.427 e. The van der Waals surface area contributed by atoms with Crippen LogP contribution in [0, 0.1) is 0 Å². The van der Waals surface area contributed by atoms with E-state index >= 15 is 0 Å². The van der Waals surface area contributed by atoms with Crippen molar-refractivity contribution in [3.05, 3.63) is 29.1 Å². The lowest BCUT2D eigenvalue weighted by Crippen LogP contribution is -1.86. The predicted molar refractivity (Wildman–Crippen MR) is 53.1 cm³/mol. The van der Waals surface area contributed by atoms with Crippen LogP contribution >= 0.6 is 11.6 Å². The van der Waals surface area contributed by atoms with Crippen molar-refractivity contribution in [2.75, 3.05) is 0 Å². The van der Waals surface area contributed by atoms with Crippen molar-refractivity contribution < 1.29 is 4.42 Å². The second-order valence-corrected chi connectivity index (χ2v) is 3.64. The van der Waals surface area contributed by atoms with Gasteiger partial charge in [0.15, 0.2) is 5.58 Å². The number of para-hydroxylation sites is 1. The maximum absolute atomic E-state index is 5.68. The molecule has 0 unspecified atom stereocenters. The van der Waals surface area contributed by atoms with E-state index < -0.39 is 0 Å². The molecule has 0 bridgehead atoms. The third-order valence-corrected chi connectivity index (χ3v) is 2.20. The minimum atomic E-state index is 0.211. The Bertz CT molecular complexity index is 433. The van der Waals surface area contributed by atoms with Crippen LogP contribution in [0.5, 0.6) is 0 Å². The van der Waals surface area contributed by atoms with Crippen molar-refractivity contribution >= 4 is 22.7 Å². The molecule has 2 nitrogen and oxygen atoms in total. The zero-order valence-corrected chi connectivity index (χ0v) is 8.30. The maximum atomic E-state index is 5.68. The van der Waals surface area contributed by atoms with Gasteiger partial charge in [-0.3, -0.25) is 0 Å². The highest BCUT2D eigenvalue weighted by molar-refractivity contribution is 6.28. The molecule has 0 amide bonds. The summed E-state index contributed by atoms with van der Waals surface area (Å²) in [5.74, 6) is 0.424. The predicted octanol–water partition coefficient (Wildman–Crippen LogP) is 3.60. The summed E-state index contributed by atoms with van der Waals surface area (Å²) in [6, 6.07) is 5.90. The Kier molecular flexibility index (Phi) is 2.00. The average Bonchev–Trinajstić information content (AvgIpc) is 2.43. The standard InChI is InChI=1S/C10H10ClNO/c1-6(2)7-4-3-5-8-9(7)13-10(11)12-8/h3-6H,1-2H3. The Hall–Kier alpha value is -1.02. The molecule has 3 heteroatoms. The molecule has 68 valence electrons. The Morgan fingerprint density at radius 2 is 2.15 bits per heavy atom. The number of aromatic nitrogens is 1. The summed E-state index contributed by atoms with van der Waals surface area (Å²) in [4.78, 5) is 4.05. The fourth-order valence-electron chi connectivity index (χ4n) is 1.40. The van der Waals surface area contributed by atoms with Gasteiger partial charge < -0.3 is 4.42 Å². The topological polar surface area (TPSA) is 26.0 Å². The first-order valence-corrected chi connectivity index (χ1v) is 4.61. The van der Waals surface area contributed by atoms with Gasteiger partial charge in [-0.15, -0.1) is 0 Å². The molecule has 0 atom stereocenters. The number of rotatable bonds is 1. The third-order valence-electron chi connectivity index (χ3n) is 2.04. The number of fused-ring (bicyclic) bond motifs is 1. The van der Waals surface area contributed by atoms with Gasteiger partial charge in [-0.1, -0.05) is 26.0 Å². The zero-order chi connectivity index (χ0) is 9.42. The minimum absolute atomic E-state index is 0.211. The highest BCUT2D eigenvalue weighted by Gasteiger charge is 2.10. The van der Waals surface area contributed by atoms with Gasteiger partial charge in [0.25, 0.3) is 5.35 Å². The molecule has 2 rings (SSSR count). The number of hydrogen-bond acceptors (Lipinski definition) is 2. The summed E-state index contributed by atoms with van der Waals surface area (Å²) in [6.45, 7) is 4.23. The fraction of sp³-hybridized carbons (Fsp3) is 0.300. The van der Waals surface area contributed by atoms with Crippen molar-refractivity contribution in [2.24, 2.45) is 0 Å².